The highest BCUT2D eigenvalue weighted by atomic mass is 16.7. The van der Waals surface area contributed by atoms with E-state index in [0.29, 0.717) is 34.7 Å². The fourth-order valence-electron chi connectivity index (χ4n) is 2.52. The number of ketones is 1. The van der Waals surface area contributed by atoms with Crippen molar-refractivity contribution in [3.63, 3.8) is 0 Å². The first-order chi connectivity index (χ1) is 13.5. The standard InChI is InChI=1S/C22H25NO5/c1-15(2)8-9-17-21(28-14-26-3)13-20(27-4)16(22(17)25)10-11-19(24)18-7-5-6-12-23-18/h5-8,10-13,25H,9,14H2,1-4H3/b11-10+. The number of phenols is 1. The molecule has 1 heterocycles. The van der Waals surface area contributed by atoms with Gasteiger partial charge >= 0.3 is 0 Å². The molecule has 0 amide bonds. The SMILES string of the molecule is COCOc1cc(OC)c(/C=C/C(=O)c2ccccn2)c(O)c1CC=C(C)C. The van der Waals surface area contributed by atoms with Crippen LogP contribution in [0.25, 0.3) is 6.08 Å². The Bertz CT molecular complexity index is 868. The molecule has 6 heteroatoms. The van der Waals surface area contributed by atoms with Gasteiger partial charge in [0.15, 0.2) is 6.79 Å². The van der Waals surface area contributed by atoms with Crippen LogP contribution in [0.5, 0.6) is 17.2 Å². The van der Waals surface area contributed by atoms with Gasteiger partial charge in [0, 0.05) is 24.9 Å². The number of allylic oxidation sites excluding steroid dienone is 3. The number of aromatic hydroxyl groups is 1. The molecule has 6 nitrogen and oxygen atoms in total. The molecule has 0 aliphatic heterocycles. The van der Waals surface area contributed by atoms with E-state index < -0.39 is 0 Å². The summed E-state index contributed by atoms with van der Waals surface area (Å²) in [6, 6.07) is 6.79. The average Bonchev–Trinajstić information content (AvgIpc) is 2.70. The van der Waals surface area contributed by atoms with Crippen LogP contribution in [0, 0.1) is 0 Å². The van der Waals surface area contributed by atoms with Gasteiger partial charge in [0.2, 0.25) is 5.78 Å². The summed E-state index contributed by atoms with van der Waals surface area (Å²) in [6.07, 6.45) is 6.89. The third-order valence-corrected chi connectivity index (χ3v) is 3.95. The molecule has 0 fully saturated rings. The third kappa shape index (κ3) is 5.44. The molecule has 0 saturated heterocycles. The minimum atomic E-state index is -0.271. The van der Waals surface area contributed by atoms with Crippen LogP contribution >= 0.6 is 0 Å². The predicted molar refractivity (Wildman–Crippen MR) is 108 cm³/mol. The van der Waals surface area contributed by atoms with Crippen molar-refractivity contribution in [1.82, 2.24) is 4.98 Å². The van der Waals surface area contributed by atoms with Crippen LogP contribution in [-0.2, 0) is 11.2 Å². The summed E-state index contributed by atoms with van der Waals surface area (Å²) >= 11 is 0. The molecule has 2 rings (SSSR count). The van der Waals surface area contributed by atoms with Crippen LogP contribution < -0.4 is 9.47 Å². The van der Waals surface area contributed by atoms with Crippen molar-refractivity contribution < 1.29 is 24.1 Å². The molecular weight excluding hydrogens is 358 g/mol. The molecule has 0 radical (unpaired) electrons. The van der Waals surface area contributed by atoms with E-state index in [2.05, 4.69) is 4.98 Å². The van der Waals surface area contributed by atoms with Crippen molar-refractivity contribution in [2.24, 2.45) is 0 Å². The van der Waals surface area contributed by atoms with Crippen molar-refractivity contribution in [3.05, 3.63) is 65.0 Å². The molecule has 2 aromatic rings. The molecular formula is C22H25NO5. The molecule has 0 saturated carbocycles. The van der Waals surface area contributed by atoms with E-state index in [-0.39, 0.29) is 18.3 Å². The van der Waals surface area contributed by atoms with Crippen LogP contribution in [0.3, 0.4) is 0 Å². The van der Waals surface area contributed by atoms with Gasteiger partial charge in [-0.1, -0.05) is 17.7 Å². The van der Waals surface area contributed by atoms with Gasteiger partial charge in [0.1, 0.15) is 22.9 Å². The first-order valence-electron chi connectivity index (χ1n) is 8.79. The average molecular weight is 383 g/mol. The van der Waals surface area contributed by atoms with E-state index in [1.54, 1.807) is 30.5 Å². The molecule has 28 heavy (non-hydrogen) atoms. The molecule has 1 N–H and O–H groups in total. The summed E-state index contributed by atoms with van der Waals surface area (Å²) in [7, 11) is 3.01. The van der Waals surface area contributed by atoms with Crippen molar-refractivity contribution in [2.75, 3.05) is 21.0 Å². The second-order valence-electron chi connectivity index (χ2n) is 6.27. The maximum Gasteiger partial charge on any atom is 0.204 e. The minimum Gasteiger partial charge on any atom is -0.507 e. The van der Waals surface area contributed by atoms with Crippen LogP contribution in [-0.4, -0.2) is 36.9 Å². The number of aromatic nitrogens is 1. The van der Waals surface area contributed by atoms with E-state index in [4.69, 9.17) is 14.2 Å². The lowest BCUT2D eigenvalue weighted by molar-refractivity contribution is 0.0502. The summed E-state index contributed by atoms with van der Waals surface area (Å²) in [5.41, 5.74) is 2.41. The fraction of sp³-hybridized carbons (Fsp3) is 0.273. The summed E-state index contributed by atoms with van der Waals surface area (Å²) < 4.78 is 16.0. The lowest BCUT2D eigenvalue weighted by atomic mass is 10.0. The summed E-state index contributed by atoms with van der Waals surface area (Å²) in [6.45, 7) is 3.99. The van der Waals surface area contributed by atoms with Crippen molar-refractivity contribution in [2.45, 2.75) is 20.3 Å². The Morgan fingerprint density at radius 2 is 2.00 bits per heavy atom. The number of methoxy groups -OCH3 is 2. The zero-order chi connectivity index (χ0) is 20.5. The normalized spacial score (nSPS) is 10.7. The molecule has 0 spiro atoms. The second-order valence-corrected chi connectivity index (χ2v) is 6.27. The molecule has 0 unspecified atom stereocenters. The molecule has 0 aliphatic rings. The molecule has 1 aromatic carbocycles. The van der Waals surface area contributed by atoms with Gasteiger partial charge in [-0.05, 0) is 44.6 Å². The van der Waals surface area contributed by atoms with E-state index in [1.165, 1.54) is 26.4 Å². The van der Waals surface area contributed by atoms with Crippen LogP contribution in [0.2, 0.25) is 0 Å². The Balaban J connectivity index is 2.47. The number of pyridine rings is 1. The van der Waals surface area contributed by atoms with Crippen LogP contribution in [0.1, 0.15) is 35.5 Å². The Labute approximate surface area is 165 Å². The number of hydrogen-bond acceptors (Lipinski definition) is 6. The summed E-state index contributed by atoms with van der Waals surface area (Å²) in [5, 5.41) is 10.9. The number of nitrogens with zero attached hydrogens (tertiary/aromatic N) is 1. The van der Waals surface area contributed by atoms with E-state index >= 15 is 0 Å². The number of carbonyl (C=O) groups excluding carboxylic acids is 1. The van der Waals surface area contributed by atoms with Crippen molar-refractivity contribution in [3.8, 4) is 17.2 Å². The second kappa shape index (κ2) is 10.3. The molecule has 0 aliphatic carbocycles. The molecule has 148 valence electrons. The first-order valence-corrected chi connectivity index (χ1v) is 8.79. The van der Waals surface area contributed by atoms with Gasteiger partial charge in [-0.15, -0.1) is 0 Å². The van der Waals surface area contributed by atoms with Gasteiger partial charge in [0.25, 0.3) is 0 Å². The molecule has 0 atom stereocenters. The van der Waals surface area contributed by atoms with Gasteiger partial charge in [-0.2, -0.15) is 0 Å². The minimum absolute atomic E-state index is 0.00646. The number of rotatable bonds is 9. The van der Waals surface area contributed by atoms with Gasteiger partial charge in [-0.25, -0.2) is 0 Å². The Kier molecular flexibility index (Phi) is 7.77. The van der Waals surface area contributed by atoms with E-state index in [1.807, 2.05) is 19.9 Å². The third-order valence-electron chi connectivity index (χ3n) is 3.95. The predicted octanol–water partition coefficient (Wildman–Crippen LogP) is 4.18. The lowest BCUT2D eigenvalue weighted by Crippen LogP contribution is -2.04. The number of carbonyl (C=O) groups is 1. The zero-order valence-corrected chi connectivity index (χ0v) is 16.6. The highest BCUT2D eigenvalue weighted by Crippen LogP contribution is 2.40. The topological polar surface area (TPSA) is 77.9 Å². The van der Waals surface area contributed by atoms with Gasteiger partial charge < -0.3 is 19.3 Å². The first kappa shape index (κ1) is 21.2. The number of benzene rings is 1. The molecule has 0 bridgehead atoms. The van der Waals surface area contributed by atoms with Crippen molar-refractivity contribution in [1.29, 1.82) is 0 Å². The smallest absolute Gasteiger partial charge is 0.204 e. The lowest BCUT2D eigenvalue weighted by Gasteiger charge is -2.16. The monoisotopic (exact) mass is 383 g/mol. The summed E-state index contributed by atoms with van der Waals surface area (Å²) in [5.74, 6) is 0.567. The van der Waals surface area contributed by atoms with Crippen LogP contribution in [0.4, 0.5) is 0 Å². The fourth-order valence-corrected chi connectivity index (χ4v) is 2.52. The maximum atomic E-state index is 12.3. The van der Waals surface area contributed by atoms with Gasteiger partial charge in [-0.3, -0.25) is 9.78 Å². The van der Waals surface area contributed by atoms with Crippen LogP contribution in [0.15, 0.2) is 48.2 Å². The highest BCUT2D eigenvalue weighted by molar-refractivity contribution is 6.05. The Morgan fingerprint density at radius 1 is 1.21 bits per heavy atom. The van der Waals surface area contributed by atoms with Crippen molar-refractivity contribution >= 4 is 11.9 Å². The Hall–Kier alpha value is -3.12. The number of ether oxygens (including phenoxy) is 3. The maximum absolute atomic E-state index is 12.3. The number of phenolic OH excluding ortho intramolecular Hbond substituents is 1. The summed E-state index contributed by atoms with van der Waals surface area (Å²) in [4.78, 5) is 16.3. The molecule has 1 aromatic heterocycles. The van der Waals surface area contributed by atoms with E-state index in [0.717, 1.165) is 5.57 Å². The number of hydrogen-bond donors (Lipinski definition) is 1. The van der Waals surface area contributed by atoms with E-state index in [9.17, 15) is 9.90 Å². The Morgan fingerprint density at radius 3 is 2.61 bits per heavy atom. The highest BCUT2D eigenvalue weighted by Gasteiger charge is 2.18. The largest absolute Gasteiger partial charge is 0.507 e. The quantitative estimate of drug-likeness (QED) is 0.303. The van der Waals surface area contributed by atoms with Gasteiger partial charge in [0.05, 0.1) is 12.7 Å². The zero-order valence-electron chi connectivity index (χ0n) is 16.6.